The molecule has 4 heteroatoms. The topological polar surface area (TPSA) is 6.48 Å². The maximum absolute atomic E-state index is 12.4. The highest BCUT2D eigenvalue weighted by atomic mass is 35.5. The second-order valence-corrected chi connectivity index (χ2v) is 5.29. The molecule has 1 unspecified atom stereocenters. The Morgan fingerprint density at radius 3 is 2.53 bits per heavy atom. The monoisotopic (exact) mass is 254 g/mol. The third-order valence-corrected chi connectivity index (χ3v) is 4.14. The number of likely N-dealkylation sites (tertiary alicyclic amines) is 1. The summed E-state index contributed by atoms with van der Waals surface area (Å²) in [4.78, 5) is 4.70. The van der Waals surface area contributed by atoms with Crippen LogP contribution >= 0.6 is 11.6 Å². The van der Waals surface area contributed by atoms with Crippen LogP contribution in [0.25, 0.3) is 0 Å². The largest absolute Gasteiger partial charge is 0.366 e. The molecule has 1 aromatic carbocycles. The molecule has 2 saturated heterocycles. The zero-order chi connectivity index (χ0) is 11.8. The average molecular weight is 255 g/mol. The highest BCUT2D eigenvalue weighted by Crippen LogP contribution is 2.34. The van der Waals surface area contributed by atoms with Crippen LogP contribution in [0.1, 0.15) is 6.42 Å². The lowest BCUT2D eigenvalue weighted by Gasteiger charge is -2.35. The Balaban J connectivity index is 1.71. The molecule has 0 saturated carbocycles. The fourth-order valence-electron chi connectivity index (χ4n) is 3.08. The van der Waals surface area contributed by atoms with Gasteiger partial charge in [0.1, 0.15) is 6.67 Å². The second-order valence-electron chi connectivity index (χ2n) is 4.86. The molecule has 2 nitrogen and oxygen atoms in total. The minimum Gasteiger partial charge on any atom is -0.366 e. The number of alkyl halides is 1. The van der Waals surface area contributed by atoms with Crippen molar-refractivity contribution < 1.29 is 4.39 Å². The zero-order valence-electron chi connectivity index (χ0n) is 9.65. The van der Waals surface area contributed by atoms with Gasteiger partial charge in [0.15, 0.2) is 0 Å². The lowest BCUT2D eigenvalue weighted by molar-refractivity contribution is 0.218. The maximum atomic E-state index is 12.4. The van der Waals surface area contributed by atoms with E-state index in [-0.39, 0.29) is 6.67 Å². The van der Waals surface area contributed by atoms with E-state index in [1.165, 1.54) is 12.1 Å². The van der Waals surface area contributed by atoms with Crippen LogP contribution in [0.15, 0.2) is 24.3 Å². The molecule has 3 rings (SSSR count). The molecule has 1 aromatic rings. The highest BCUT2D eigenvalue weighted by Gasteiger charge is 2.42. The van der Waals surface area contributed by atoms with Crippen LogP contribution in [0.4, 0.5) is 10.1 Å². The molecule has 2 aliphatic rings. The van der Waals surface area contributed by atoms with Crippen molar-refractivity contribution in [3.05, 3.63) is 29.3 Å². The first-order valence-electron chi connectivity index (χ1n) is 6.10. The summed E-state index contributed by atoms with van der Waals surface area (Å²) in [6, 6.07) is 9.09. The van der Waals surface area contributed by atoms with Crippen molar-refractivity contribution in [2.24, 2.45) is 0 Å². The van der Waals surface area contributed by atoms with Crippen LogP contribution in [0.5, 0.6) is 0 Å². The van der Waals surface area contributed by atoms with Crippen molar-refractivity contribution >= 4 is 17.3 Å². The van der Waals surface area contributed by atoms with Gasteiger partial charge >= 0.3 is 0 Å². The summed E-state index contributed by atoms with van der Waals surface area (Å²) in [5.74, 6) is 0. The van der Waals surface area contributed by atoms with Crippen molar-refractivity contribution in [3.63, 3.8) is 0 Å². The molecule has 2 bridgehead atoms. The summed E-state index contributed by atoms with van der Waals surface area (Å²) in [7, 11) is 0. The minimum atomic E-state index is -0.232. The molecule has 0 aliphatic carbocycles. The van der Waals surface area contributed by atoms with E-state index in [0.717, 1.165) is 18.1 Å². The molecule has 0 amide bonds. The number of hydrogen-bond donors (Lipinski definition) is 0. The van der Waals surface area contributed by atoms with Gasteiger partial charge in [-0.1, -0.05) is 11.6 Å². The van der Waals surface area contributed by atoms with Crippen LogP contribution in [-0.4, -0.2) is 43.3 Å². The molecular formula is C13H16ClFN2. The highest BCUT2D eigenvalue weighted by molar-refractivity contribution is 6.30. The number of anilines is 1. The first-order chi connectivity index (χ1) is 8.28. The lowest BCUT2D eigenvalue weighted by Crippen LogP contribution is -2.47. The third-order valence-electron chi connectivity index (χ3n) is 3.88. The van der Waals surface area contributed by atoms with Gasteiger partial charge in [-0.2, -0.15) is 0 Å². The predicted molar refractivity (Wildman–Crippen MR) is 68.5 cm³/mol. The normalized spacial score (nSPS) is 28.0. The molecule has 17 heavy (non-hydrogen) atoms. The standard InChI is InChI=1S/C13H16ClFN2/c14-10-1-3-11(4-2-10)17-9-12-7-13(17)8-16(12)6-5-15/h1-4,12-13H,5-9H2/t12?,13-/m0/s1. The molecule has 2 aliphatic heterocycles. The Bertz CT molecular complexity index is 395. The summed E-state index contributed by atoms with van der Waals surface area (Å²) in [6.45, 7) is 2.38. The number of nitrogens with zero attached hydrogens (tertiary/aromatic N) is 2. The average Bonchev–Trinajstić information content (AvgIpc) is 2.90. The van der Waals surface area contributed by atoms with Gasteiger partial charge in [0, 0.05) is 42.4 Å². The summed E-state index contributed by atoms with van der Waals surface area (Å²) < 4.78 is 12.4. The van der Waals surface area contributed by atoms with Gasteiger partial charge in [-0.25, -0.2) is 4.39 Å². The van der Waals surface area contributed by atoms with E-state index in [2.05, 4.69) is 21.9 Å². The van der Waals surface area contributed by atoms with Crippen LogP contribution in [-0.2, 0) is 0 Å². The molecule has 2 atom stereocenters. The van der Waals surface area contributed by atoms with E-state index >= 15 is 0 Å². The number of rotatable bonds is 3. The molecule has 0 N–H and O–H groups in total. The van der Waals surface area contributed by atoms with Crippen LogP contribution in [0.2, 0.25) is 5.02 Å². The van der Waals surface area contributed by atoms with Crippen LogP contribution in [0, 0.1) is 0 Å². The molecule has 0 aromatic heterocycles. The lowest BCUT2D eigenvalue weighted by atomic mass is 10.2. The van der Waals surface area contributed by atoms with Gasteiger partial charge in [-0.05, 0) is 30.7 Å². The van der Waals surface area contributed by atoms with Crippen molar-refractivity contribution in [1.29, 1.82) is 0 Å². The Kier molecular flexibility index (Phi) is 2.97. The summed E-state index contributed by atoms with van der Waals surface area (Å²) in [5, 5.41) is 0.775. The molecule has 0 radical (unpaired) electrons. The van der Waals surface area contributed by atoms with Crippen LogP contribution in [0.3, 0.4) is 0 Å². The molecule has 92 valence electrons. The fraction of sp³-hybridized carbons (Fsp3) is 0.538. The SMILES string of the molecule is FCCN1C[C@@H]2CC1CN2c1ccc(Cl)cc1. The van der Waals surface area contributed by atoms with Crippen molar-refractivity contribution in [2.45, 2.75) is 18.5 Å². The van der Waals surface area contributed by atoms with Gasteiger partial charge in [-0.15, -0.1) is 0 Å². The van der Waals surface area contributed by atoms with E-state index in [1.807, 2.05) is 12.1 Å². The van der Waals surface area contributed by atoms with Gasteiger partial charge in [0.05, 0.1) is 0 Å². The van der Waals surface area contributed by atoms with Crippen molar-refractivity contribution in [2.75, 3.05) is 31.2 Å². The maximum Gasteiger partial charge on any atom is 0.102 e. The predicted octanol–water partition coefficient (Wildman–Crippen LogP) is 2.57. The quantitative estimate of drug-likeness (QED) is 0.818. The first-order valence-corrected chi connectivity index (χ1v) is 6.48. The molecular weight excluding hydrogens is 239 g/mol. The number of fused-ring (bicyclic) bond motifs is 2. The fourth-order valence-corrected chi connectivity index (χ4v) is 3.21. The number of hydrogen-bond acceptors (Lipinski definition) is 2. The number of piperazine rings is 1. The second kappa shape index (κ2) is 4.46. The number of benzene rings is 1. The minimum absolute atomic E-state index is 0.232. The van der Waals surface area contributed by atoms with Gasteiger partial charge < -0.3 is 4.90 Å². The van der Waals surface area contributed by atoms with E-state index in [9.17, 15) is 4.39 Å². The summed E-state index contributed by atoms with van der Waals surface area (Å²) in [5.41, 5.74) is 1.24. The van der Waals surface area contributed by atoms with E-state index in [4.69, 9.17) is 11.6 Å². The Labute approximate surface area is 106 Å². The summed E-state index contributed by atoms with van der Waals surface area (Å²) >= 11 is 5.89. The van der Waals surface area contributed by atoms with E-state index < -0.39 is 0 Å². The van der Waals surface area contributed by atoms with Crippen molar-refractivity contribution in [1.82, 2.24) is 4.90 Å². The van der Waals surface area contributed by atoms with Crippen molar-refractivity contribution in [3.8, 4) is 0 Å². The van der Waals surface area contributed by atoms with E-state index in [0.29, 0.717) is 18.6 Å². The van der Waals surface area contributed by atoms with Gasteiger partial charge in [0.25, 0.3) is 0 Å². The zero-order valence-corrected chi connectivity index (χ0v) is 10.4. The Morgan fingerprint density at radius 2 is 1.94 bits per heavy atom. The Morgan fingerprint density at radius 1 is 1.18 bits per heavy atom. The first kappa shape index (κ1) is 11.3. The molecule has 2 heterocycles. The van der Waals surface area contributed by atoms with Gasteiger partial charge in [-0.3, -0.25) is 4.90 Å². The van der Waals surface area contributed by atoms with Crippen LogP contribution < -0.4 is 4.90 Å². The van der Waals surface area contributed by atoms with Gasteiger partial charge in [0.2, 0.25) is 0 Å². The molecule has 0 spiro atoms. The Hall–Kier alpha value is -0.800. The van der Waals surface area contributed by atoms with E-state index in [1.54, 1.807) is 0 Å². The third kappa shape index (κ3) is 2.02. The summed E-state index contributed by atoms with van der Waals surface area (Å²) in [6.07, 6.45) is 1.17. The number of halogens is 2. The molecule has 2 fully saturated rings. The smallest absolute Gasteiger partial charge is 0.102 e.